The Morgan fingerprint density at radius 1 is 1.24 bits per heavy atom. The monoisotopic (exact) mass is 289 g/mol. The number of carboxylic acids is 1. The number of carbonyl (C=O) groups is 2. The van der Waals surface area contributed by atoms with E-state index in [0.29, 0.717) is 6.42 Å². The maximum absolute atomic E-state index is 11.9. The molecule has 0 aromatic carbocycles. The van der Waals surface area contributed by atoms with Gasteiger partial charge in [0.05, 0.1) is 11.8 Å². The Labute approximate surface area is 123 Å². The highest BCUT2D eigenvalue weighted by atomic mass is 16.4. The Bertz CT molecular complexity index is 526. The largest absolute Gasteiger partial charge is 0.481 e. The molecule has 0 unspecified atom stereocenters. The van der Waals surface area contributed by atoms with Crippen molar-refractivity contribution in [1.82, 2.24) is 10.3 Å². The lowest BCUT2D eigenvalue weighted by atomic mass is 10.0. The number of pyridine rings is 1. The summed E-state index contributed by atoms with van der Waals surface area (Å²) in [6, 6.07) is 5.99. The summed E-state index contributed by atoms with van der Waals surface area (Å²) in [5.41, 5.74) is 0. The first-order chi connectivity index (χ1) is 10.1. The highest BCUT2D eigenvalue weighted by molar-refractivity contribution is 5.89. The molecule has 2 heterocycles. The number of aliphatic carboxylic acids is 1. The van der Waals surface area contributed by atoms with E-state index in [1.165, 1.54) is 0 Å². The molecule has 6 heteroatoms. The van der Waals surface area contributed by atoms with Crippen molar-refractivity contribution in [2.75, 3.05) is 18.0 Å². The smallest absolute Gasteiger partial charge is 0.307 e. The van der Waals surface area contributed by atoms with Crippen molar-refractivity contribution in [3.05, 3.63) is 24.4 Å². The van der Waals surface area contributed by atoms with Crippen LogP contribution in [0.1, 0.15) is 19.3 Å². The van der Waals surface area contributed by atoms with Crippen LogP contribution < -0.4 is 10.2 Å². The first kappa shape index (κ1) is 13.9. The lowest BCUT2D eigenvalue weighted by Crippen LogP contribution is -2.45. The quantitative estimate of drug-likeness (QED) is 0.860. The fourth-order valence-corrected chi connectivity index (χ4v) is 2.86. The minimum atomic E-state index is -0.861. The molecule has 21 heavy (non-hydrogen) atoms. The summed E-state index contributed by atoms with van der Waals surface area (Å²) >= 11 is 0. The Kier molecular flexibility index (Phi) is 3.77. The van der Waals surface area contributed by atoms with Crippen molar-refractivity contribution in [2.45, 2.75) is 25.3 Å². The van der Waals surface area contributed by atoms with Gasteiger partial charge in [-0.25, -0.2) is 4.98 Å². The van der Waals surface area contributed by atoms with Gasteiger partial charge < -0.3 is 15.3 Å². The van der Waals surface area contributed by atoms with Gasteiger partial charge in [-0.05, 0) is 31.4 Å². The second kappa shape index (κ2) is 5.71. The minimum absolute atomic E-state index is 0.0984. The molecular weight excluding hydrogens is 270 g/mol. The maximum atomic E-state index is 11.9. The number of aromatic nitrogens is 1. The Balaban J connectivity index is 1.46. The van der Waals surface area contributed by atoms with Crippen molar-refractivity contribution < 1.29 is 14.7 Å². The number of anilines is 1. The molecule has 0 spiro atoms. The topological polar surface area (TPSA) is 82.5 Å². The van der Waals surface area contributed by atoms with Crippen LogP contribution in [0.4, 0.5) is 5.82 Å². The van der Waals surface area contributed by atoms with E-state index >= 15 is 0 Å². The molecule has 6 nitrogen and oxygen atoms in total. The Morgan fingerprint density at radius 3 is 2.57 bits per heavy atom. The molecule has 3 rings (SSSR count). The van der Waals surface area contributed by atoms with Gasteiger partial charge in [0, 0.05) is 25.3 Å². The van der Waals surface area contributed by atoms with Gasteiger partial charge in [0.1, 0.15) is 5.82 Å². The number of nitrogens with zero attached hydrogens (tertiary/aromatic N) is 2. The van der Waals surface area contributed by atoms with Crippen molar-refractivity contribution in [1.29, 1.82) is 0 Å². The van der Waals surface area contributed by atoms with Crippen LogP contribution in [0.15, 0.2) is 24.4 Å². The average Bonchev–Trinajstić information content (AvgIpc) is 3.30. The fraction of sp³-hybridized carbons (Fsp3) is 0.533. The van der Waals surface area contributed by atoms with E-state index in [-0.39, 0.29) is 17.9 Å². The standard InChI is InChI=1S/C15H19N3O3/c19-14(11-9-12(11)15(20)21)17-10-4-7-18(8-5-10)13-3-1-2-6-16-13/h1-3,6,10-12H,4-5,7-9H2,(H,17,19)(H,20,21)/t11-,12+/m1/s1. The third-order valence-corrected chi connectivity index (χ3v) is 4.26. The first-order valence-corrected chi connectivity index (χ1v) is 7.34. The molecule has 1 aliphatic carbocycles. The van der Waals surface area contributed by atoms with Crippen molar-refractivity contribution >= 4 is 17.7 Å². The van der Waals surface area contributed by atoms with E-state index in [9.17, 15) is 9.59 Å². The van der Waals surface area contributed by atoms with E-state index < -0.39 is 11.9 Å². The van der Waals surface area contributed by atoms with E-state index in [4.69, 9.17) is 5.11 Å². The molecule has 0 bridgehead atoms. The molecule has 112 valence electrons. The Morgan fingerprint density at radius 2 is 2.00 bits per heavy atom. The highest BCUT2D eigenvalue weighted by Crippen LogP contribution is 2.38. The predicted molar refractivity (Wildman–Crippen MR) is 76.8 cm³/mol. The number of rotatable bonds is 4. The van der Waals surface area contributed by atoms with Gasteiger partial charge in [-0.15, -0.1) is 0 Å². The summed E-state index contributed by atoms with van der Waals surface area (Å²) in [4.78, 5) is 29.3. The van der Waals surface area contributed by atoms with Crippen molar-refractivity contribution in [3.8, 4) is 0 Å². The van der Waals surface area contributed by atoms with Crippen LogP contribution in [0, 0.1) is 11.8 Å². The molecule has 1 aliphatic heterocycles. The van der Waals surface area contributed by atoms with Crippen LogP contribution in [-0.2, 0) is 9.59 Å². The zero-order valence-electron chi connectivity index (χ0n) is 11.7. The molecule has 1 saturated carbocycles. The number of piperidine rings is 1. The van der Waals surface area contributed by atoms with Gasteiger partial charge in [0.15, 0.2) is 0 Å². The SMILES string of the molecule is O=C(O)[C@H]1C[C@H]1C(=O)NC1CCN(c2ccccn2)CC1. The molecule has 2 aliphatic rings. The van der Waals surface area contributed by atoms with Gasteiger partial charge in [0.25, 0.3) is 0 Å². The molecule has 2 atom stereocenters. The van der Waals surface area contributed by atoms with Gasteiger partial charge in [-0.1, -0.05) is 6.07 Å². The minimum Gasteiger partial charge on any atom is -0.481 e. The summed E-state index contributed by atoms with van der Waals surface area (Å²) in [6.45, 7) is 1.71. The van der Waals surface area contributed by atoms with E-state index in [1.807, 2.05) is 18.2 Å². The molecule has 1 amide bonds. The Hall–Kier alpha value is -2.11. The van der Waals surface area contributed by atoms with Gasteiger partial charge in [0.2, 0.25) is 5.91 Å². The molecule has 1 aromatic rings. The van der Waals surface area contributed by atoms with Crippen LogP contribution in [0.5, 0.6) is 0 Å². The molecule has 1 aromatic heterocycles. The second-order valence-electron chi connectivity index (χ2n) is 5.74. The van der Waals surface area contributed by atoms with Crippen LogP contribution in [-0.4, -0.2) is 41.1 Å². The summed E-state index contributed by atoms with van der Waals surface area (Å²) in [7, 11) is 0. The third-order valence-electron chi connectivity index (χ3n) is 4.26. The van der Waals surface area contributed by atoms with Gasteiger partial charge in [-0.3, -0.25) is 9.59 Å². The number of carbonyl (C=O) groups excluding carboxylic acids is 1. The van der Waals surface area contributed by atoms with Crippen molar-refractivity contribution in [3.63, 3.8) is 0 Å². The normalized spacial score (nSPS) is 25.4. The number of hydrogen-bond donors (Lipinski definition) is 2. The zero-order chi connectivity index (χ0) is 14.8. The summed E-state index contributed by atoms with van der Waals surface area (Å²) in [5.74, 6) is -0.788. The summed E-state index contributed by atoms with van der Waals surface area (Å²) in [5, 5.41) is 11.8. The van der Waals surface area contributed by atoms with Crippen LogP contribution in [0.3, 0.4) is 0 Å². The molecule has 2 N–H and O–H groups in total. The van der Waals surface area contributed by atoms with Crippen molar-refractivity contribution in [2.24, 2.45) is 11.8 Å². The number of carboxylic acid groups (broad SMARTS) is 1. The number of hydrogen-bond acceptors (Lipinski definition) is 4. The van der Waals surface area contributed by atoms with Crippen LogP contribution >= 0.6 is 0 Å². The molecule has 2 fully saturated rings. The number of nitrogens with one attached hydrogen (secondary N) is 1. The number of amides is 1. The van der Waals surface area contributed by atoms with E-state index in [2.05, 4.69) is 15.2 Å². The van der Waals surface area contributed by atoms with Gasteiger partial charge in [-0.2, -0.15) is 0 Å². The zero-order valence-corrected chi connectivity index (χ0v) is 11.7. The fourth-order valence-electron chi connectivity index (χ4n) is 2.86. The lowest BCUT2D eigenvalue weighted by molar-refractivity contribution is -0.140. The predicted octanol–water partition coefficient (Wildman–Crippen LogP) is 0.887. The first-order valence-electron chi connectivity index (χ1n) is 7.34. The molecular formula is C15H19N3O3. The van der Waals surface area contributed by atoms with Gasteiger partial charge >= 0.3 is 5.97 Å². The molecule has 0 radical (unpaired) electrons. The van der Waals surface area contributed by atoms with E-state index in [0.717, 1.165) is 31.7 Å². The average molecular weight is 289 g/mol. The maximum Gasteiger partial charge on any atom is 0.307 e. The summed E-state index contributed by atoms with van der Waals surface area (Å²) in [6.07, 6.45) is 4.00. The van der Waals surface area contributed by atoms with Crippen LogP contribution in [0.25, 0.3) is 0 Å². The highest BCUT2D eigenvalue weighted by Gasteiger charge is 2.48. The lowest BCUT2D eigenvalue weighted by Gasteiger charge is -2.33. The third kappa shape index (κ3) is 3.15. The molecule has 1 saturated heterocycles. The van der Waals surface area contributed by atoms with E-state index in [1.54, 1.807) is 6.20 Å². The second-order valence-corrected chi connectivity index (χ2v) is 5.74. The summed E-state index contributed by atoms with van der Waals surface area (Å²) < 4.78 is 0. The van der Waals surface area contributed by atoms with Crippen LogP contribution in [0.2, 0.25) is 0 Å².